The van der Waals surface area contributed by atoms with E-state index in [-0.39, 0.29) is 0 Å². The third kappa shape index (κ3) is 3.80. The number of hydrogen-bond acceptors (Lipinski definition) is 3. The number of nitrogens with zero attached hydrogens (tertiary/aromatic N) is 1. The van der Waals surface area contributed by atoms with Crippen molar-refractivity contribution in [2.24, 2.45) is 0 Å². The molecule has 0 aliphatic carbocycles. The second-order valence-electron chi connectivity index (χ2n) is 5.59. The molecule has 0 aromatic carbocycles. The second kappa shape index (κ2) is 6.04. The zero-order valence-electron chi connectivity index (χ0n) is 11.2. The summed E-state index contributed by atoms with van der Waals surface area (Å²) in [5.41, 5.74) is -0.506. The molecule has 102 valence electrons. The molecule has 0 radical (unpaired) electrons. The van der Waals surface area contributed by atoms with Gasteiger partial charge in [0.25, 0.3) is 0 Å². The van der Waals surface area contributed by atoms with Crippen molar-refractivity contribution in [3.05, 3.63) is 20.8 Å². The van der Waals surface area contributed by atoms with Gasteiger partial charge in [0, 0.05) is 23.9 Å². The smallest absolute Gasteiger partial charge is 0.0708 e. The summed E-state index contributed by atoms with van der Waals surface area (Å²) in [5.74, 6) is 0. The second-order valence-corrected chi connectivity index (χ2v) is 8.14. The summed E-state index contributed by atoms with van der Waals surface area (Å²) in [5, 5.41) is 10.8. The molecule has 1 saturated heterocycles. The Morgan fingerprint density at radius 1 is 1.39 bits per heavy atom. The van der Waals surface area contributed by atoms with Gasteiger partial charge in [-0.2, -0.15) is 0 Å². The van der Waals surface area contributed by atoms with Gasteiger partial charge in [-0.3, -0.25) is 0 Å². The van der Waals surface area contributed by atoms with Crippen molar-refractivity contribution in [2.75, 3.05) is 13.1 Å². The standard InChI is InChI=1S/C14H22BrNOS/c1-11(2)16-8-3-6-14(17,7-9-16)10-12-4-5-13(15)18-12/h4-5,11,17H,3,6-10H2,1-2H3. The molecule has 0 spiro atoms. The number of halogens is 1. The minimum absolute atomic E-state index is 0.506. The van der Waals surface area contributed by atoms with Crippen molar-refractivity contribution in [3.8, 4) is 0 Å². The maximum Gasteiger partial charge on any atom is 0.0708 e. The van der Waals surface area contributed by atoms with Crippen LogP contribution in [-0.2, 0) is 6.42 Å². The minimum Gasteiger partial charge on any atom is -0.389 e. The maximum absolute atomic E-state index is 10.8. The van der Waals surface area contributed by atoms with Gasteiger partial charge in [-0.05, 0) is 67.7 Å². The van der Waals surface area contributed by atoms with E-state index in [1.54, 1.807) is 11.3 Å². The molecule has 1 aliphatic heterocycles. The van der Waals surface area contributed by atoms with Crippen molar-refractivity contribution in [1.82, 2.24) is 4.90 Å². The number of hydrogen-bond donors (Lipinski definition) is 1. The molecule has 1 aliphatic rings. The highest BCUT2D eigenvalue weighted by Crippen LogP contribution is 2.31. The Hall–Kier alpha value is 0.1000. The molecule has 1 fully saturated rings. The summed E-state index contributed by atoms with van der Waals surface area (Å²) in [6, 6.07) is 4.78. The molecule has 1 unspecified atom stereocenters. The van der Waals surface area contributed by atoms with E-state index in [1.807, 2.05) is 0 Å². The highest BCUT2D eigenvalue weighted by Gasteiger charge is 2.31. The third-order valence-corrected chi connectivity index (χ3v) is 5.44. The molecule has 2 rings (SSSR count). The summed E-state index contributed by atoms with van der Waals surface area (Å²) in [6.45, 7) is 6.61. The molecule has 0 saturated carbocycles. The van der Waals surface area contributed by atoms with Crippen LogP contribution in [0.5, 0.6) is 0 Å². The van der Waals surface area contributed by atoms with Gasteiger partial charge < -0.3 is 10.0 Å². The number of thiophene rings is 1. The summed E-state index contributed by atoms with van der Waals surface area (Å²) in [7, 11) is 0. The zero-order valence-corrected chi connectivity index (χ0v) is 13.6. The van der Waals surface area contributed by atoms with Crippen LogP contribution in [0, 0.1) is 0 Å². The molecule has 4 heteroatoms. The van der Waals surface area contributed by atoms with E-state index in [9.17, 15) is 5.11 Å². The van der Waals surface area contributed by atoms with E-state index in [4.69, 9.17) is 0 Å². The van der Waals surface area contributed by atoms with Crippen LogP contribution < -0.4 is 0 Å². The summed E-state index contributed by atoms with van der Waals surface area (Å²) in [4.78, 5) is 3.75. The first-order valence-electron chi connectivity index (χ1n) is 6.69. The topological polar surface area (TPSA) is 23.5 Å². The first-order valence-corrected chi connectivity index (χ1v) is 8.30. The monoisotopic (exact) mass is 331 g/mol. The molecule has 1 aromatic rings. The zero-order chi connectivity index (χ0) is 13.2. The Morgan fingerprint density at radius 2 is 2.17 bits per heavy atom. The quantitative estimate of drug-likeness (QED) is 0.913. The lowest BCUT2D eigenvalue weighted by Gasteiger charge is -2.27. The first-order chi connectivity index (χ1) is 8.48. The van der Waals surface area contributed by atoms with Crippen molar-refractivity contribution in [1.29, 1.82) is 0 Å². The summed E-state index contributed by atoms with van der Waals surface area (Å²) < 4.78 is 1.15. The van der Waals surface area contributed by atoms with E-state index >= 15 is 0 Å². The number of aliphatic hydroxyl groups is 1. The van der Waals surface area contributed by atoms with Gasteiger partial charge in [-0.15, -0.1) is 11.3 Å². The van der Waals surface area contributed by atoms with Gasteiger partial charge in [0.15, 0.2) is 0 Å². The van der Waals surface area contributed by atoms with Crippen LogP contribution in [0.2, 0.25) is 0 Å². The largest absolute Gasteiger partial charge is 0.389 e. The van der Waals surface area contributed by atoms with Crippen LogP contribution in [0.15, 0.2) is 15.9 Å². The van der Waals surface area contributed by atoms with Crippen LogP contribution >= 0.6 is 27.3 Å². The van der Waals surface area contributed by atoms with E-state index in [0.717, 1.165) is 42.6 Å². The molecule has 18 heavy (non-hydrogen) atoms. The van der Waals surface area contributed by atoms with Gasteiger partial charge in [-0.1, -0.05) is 0 Å². The van der Waals surface area contributed by atoms with Crippen molar-refractivity contribution >= 4 is 27.3 Å². The normalized spacial score (nSPS) is 26.5. The molecule has 1 N–H and O–H groups in total. The molecule has 0 bridgehead atoms. The lowest BCUT2D eigenvalue weighted by molar-refractivity contribution is 0.0256. The molecule has 2 heterocycles. The lowest BCUT2D eigenvalue weighted by atomic mass is 9.90. The van der Waals surface area contributed by atoms with Crippen molar-refractivity contribution in [3.63, 3.8) is 0 Å². The van der Waals surface area contributed by atoms with Crippen molar-refractivity contribution < 1.29 is 5.11 Å². The average molecular weight is 332 g/mol. The Morgan fingerprint density at radius 3 is 2.78 bits per heavy atom. The molecular weight excluding hydrogens is 310 g/mol. The van der Waals surface area contributed by atoms with E-state index < -0.39 is 5.60 Å². The van der Waals surface area contributed by atoms with Crippen LogP contribution in [0.3, 0.4) is 0 Å². The van der Waals surface area contributed by atoms with E-state index in [2.05, 4.69) is 46.8 Å². The lowest BCUT2D eigenvalue weighted by Crippen LogP contribution is -2.35. The average Bonchev–Trinajstić information content (AvgIpc) is 2.58. The molecular formula is C14H22BrNOS. The van der Waals surface area contributed by atoms with Gasteiger partial charge in [0.05, 0.1) is 9.39 Å². The van der Waals surface area contributed by atoms with Crippen LogP contribution in [0.4, 0.5) is 0 Å². The highest BCUT2D eigenvalue weighted by atomic mass is 79.9. The highest BCUT2D eigenvalue weighted by molar-refractivity contribution is 9.11. The summed E-state index contributed by atoms with van der Waals surface area (Å²) in [6.07, 6.45) is 3.71. The minimum atomic E-state index is -0.506. The van der Waals surface area contributed by atoms with E-state index in [0.29, 0.717) is 6.04 Å². The Labute approximate surface area is 122 Å². The Bertz CT molecular complexity index is 393. The van der Waals surface area contributed by atoms with Gasteiger partial charge in [0.2, 0.25) is 0 Å². The van der Waals surface area contributed by atoms with Gasteiger partial charge >= 0.3 is 0 Å². The van der Waals surface area contributed by atoms with E-state index in [1.165, 1.54) is 4.88 Å². The first kappa shape index (κ1) is 14.5. The van der Waals surface area contributed by atoms with Crippen LogP contribution in [0.1, 0.15) is 38.0 Å². The fraction of sp³-hybridized carbons (Fsp3) is 0.714. The molecule has 2 nitrogen and oxygen atoms in total. The Kier molecular flexibility index (Phi) is 4.86. The summed E-state index contributed by atoms with van der Waals surface area (Å²) >= 11 is 5.22. The molecule has 1 aromatic heterocycles. The molecule has 0 amide bonds. The Balaban J connectivity index is 1.98. The van der Waals surface area contributed by atoms with Gasteiger partial charge in [0.1, 0.15) is 0 Å². The SMILES string of the molecule is CC(C)N1CCCC(O)(Cc2ccc(Br)s2)CC1. The predicted molar refractivity (Wildman–Crippen MR) is 81.2 cm³/mol. The predicted octanol–water partition coefficient (Wildman–Crippen LogP) is 3.68. The third-order valence-electron chi connectivity index (χ3n) is 3.81. The maximum atomic E-state index is 10.8. The number of likely N-dealkylation sites (tertiary alicyclic amines) is 1. The van der Waals surface area contributed by atoms with Gasteiger partial charge in [-0.25, -0.2) is 0 Å². The molecule has 1 atom stereocenters. The van der Waals surface area contributed by atoms with Crippen LogP contribution in [-0.4, -0.2) is 34.7 Å². The van der Waals surface area contributed by atoms with Crippen molar-refractivity contribution in [2.45, 2.75) is 51.2 Å². The fourth-order valence-electron chi connectivity index (χ4n) is 2.66. The van der Waals surface area contributed by atoms with Crippen LogP contribution in [0.25, 0.3) is 0 Å². The number of rotatable bonds is 3. The fourth-order valence-corrected chi connectivity index (χ4v) is 4.28.